The largest absolute Gasteiger partial charge is 0.240 e. The zero-order valence-corrected chi connectivity index (χ0v) is 11.3. The van der Waals surface area contributed by atoms with E-state index < -0.39 is 10.0 Å². The highest BCUT2D eigenvalue weighted by Crippen LogP contribution is 2.14. The maximum Gasteiger partial charge on any atom is 0.240 e. The van der Waals surface area contributed by atoms with Gasteiger partial charge in [0, 0.05) is 6.54 Å². The Morgan fingerprint density at radius 2 is 1.94 bits per heavy atom. The molecule has 0 atom stereocenters. The Balaban J connectivity index is 2.79. The minimum Gasteiger partial charge on any atom is -0.211 e. The second-order valence-electron chi connectivity index (χ2n) is 4.00. The summed E-state index contributed by atoms with van der Waals surface area (Å²) >= 11 is 0. The number of hydrogen-bond donors (Lipinski definition) is 1. The van der Waals surface area contributed by atoms with E-state index in [1.54, 1.807) is 12.1 Å². The molecule has 0 aliphatic rings. The maximum atomic E-state index is 11.9. The van der Waals surface area contributed by atoms with Crippen LogP contribution in [0.2, 0.25) is 0 Å². The summed E-state index contributed by atoms with van der Waals surface area (Å²) in [5.74, 6) is 0. The van der Waals surface area contributed by atoms with E-state index in [-0.39, 0.29) is 0 Å². The zero-order valence-electron chi connectivity index (χ0n) is 10.5. The van der Waals surface area contributed by atoms with Crippen LogP contribution in [0.4, 0.5) is 0 Å². The van der Waals surface area contributed by atoms with Gasteiger partial charge in [0.15, 0.2) is 0 Å². The summed E-state index contributed by atoms with van der Waals surface area (Å²) in [5, 5.41) is 0. The van der Waals surface area contributed by atoms with Crippen molar-refractivity contribution in [3.8, 4) is 0 Å². The molecule has 0 unspecified atom stereocenters. The van der Waals surface area contributed by atoms with Crippen molar-refractivity contribution in [3.05, 3.63) is 41.5 Å². The first kappa shape index (κ1) is 13.9. The predicted octanol–water partition coefficient (Wildman–Crippen LogP) is 2.55. The van der Waals surface area contributed by atoms with E-state index in [1.807, 2.05) is 39.0 Å². The van der Waals surface area contributed by atoms with Crippen LogP contribution in [0.3, 0.4) is 0 Å². The molecule has 3 nitrogen and oxygen atoms in total. The van der Waals surface area contributed by atoms with Gasteiger partial charge in [-0.25, -0.2) is 13.1 Å². The van der Waals surface area contributed by atoms with Crippen molar-refractivity contribution in [1.82, 2.24) is 4.72 Å². The molecule has 0 aromatic heterocycles. The Morgan fingerprint density at radius 1 is 1.24 bits per heavy atom. The molecular formula is C13H19NO2S. The molecule has 0 aliphatic heterocycles. The van der Waals surface area contributed by atoms with Crippen LogP contribution < -0.4 is 4.72 Å². The van der Waals surface area contributed by atoms with E-state index in [4.69, 9.17) is 0 Å². The van der Waals surface area contributed by atoms with Crippen LogP contribution in [0.15, 0.2) is 35.2 Å². The third-order valence-electron chi connectivity index (χ3n) is 2.63. The first-order valence-electron chi connectivity index (χ1n) is 5.65. The van der Waals surface area contributed by atoms with Crippen molar-refractivity contribution in [2.45, 2.75) is 32.1 Å². The van der Waals surface area contributed by atoms with E-state index in [1.165, 1.54) is 0 Å². The molecule has 0 bridgehead atoms. The van der Waals surface area contributed by atoms with Gasteiger partial charge in [-0.2, -0.15) is 0 Å². The maximum absolute atomic E-state index is 11.9. The number of hydrogen-bond acceptors (Lipinski definition) is 2. The lowest BCUT2D eigenvalue weighted by atomic mass is 10.1. The first-order valence-corrected chi connectivity index (χ1v) is 7.14. The number of benzene rings is 1. The molecule has 4 heteroatoms. The summed E-state index contributed by atoms with van der Waals surface area (Å²) in [6.07, 6.45) is 4.55. The molecule has 1 aromatic rings. The van der Waals surface area contributed by atoms with Crippen molar-refractivity contribution in [2.75, 3.05) is 6.54 Å². The number of allylic oxidation sites excluding steroid dienone is 1. The van der Waals surface area contributed by atoms with Crippen LogP contribution in [0.1, 0.15) is 24.5 Å². The highest BCUT2D eigenvalue weighted by Gasteiger charge is 2.13. The SMILES string of the molecule is C/C=C/CCNS(=O)(=O)c1ccc(C)c(C)c1. The summed E-state index contributed by atoms with van der Waals surface area (Å²) in [4.78, 5) is 0.334. The molecule has 0 radical (unpaired) electrons. The third-order valence-corrected chi connectivity index (χ3v) is 4.09. The molecule has 0 fully saturated rings. The van der Waals surface area contributed by atoms with Crippen LogP contribution in [0.25, 0.3) is 0 Å². The molecule has 17 heavy (non-hydrogen) atoms. The van der Waals surface area contributed by atoms with Gasteiger partial charge in [-0.1, -0.05) is 18.2 Å². The summed E-state index contributed by atoms with van der Waals surface area (Å²) in [5.41, 5.74) is 2.08. The van der Waals surface area contributed by atoms with Crippen molar-refractivity contribution >= 4 is 10.0 Å². The second kappa shape index (κ2) is 5.98. The summed E-state index contributed by atoms with van der Waals surface area (Å²) in [6, 6.07) is 5.17. The van der Waals surface area contributed by atoms with E-state index in [2.05, 4.69) is 4.72 Å². The zero-order chi connectivity index (χ0) is 12.9. The minimum absolute atomic E-state index is 0.334. The predicted molar refractivity (Wildman–Crippen MR) is 70.5 cm³/mol. The Bertz CT molecular complexity index is 504. The molecule has 0 saturated heterocycles. The van der Waals surface area contributed by atoms with Crippen molar-refractivity contribution in [3.63, 3.8) is 0 Å². The van der Waals surface area contributed by atoms with Gasteiger partial charge >= 0.3 is 0 Å². The number of sulfonamides is 1. The Hall–Kier alpha value is -1.13. The lowest BCUT2D eigenvalue weighted by Crippen LogP contribution is -2.24. The van der Waals surface area contributed by atoms with Crippen molar-refractivity contribution in [2.24, 2.45) is 0 Å². The smallest absolute Gasteiger partial charge is 0.211 e. The molecule has 1 N–H and O–H groups in total. The third kappa shape index (κ3) is 3.98. The second-order valence-corrected chi connectivity index (χ2v) is 5.77. The molecule has 0 saturated carbocycles. The number of rotatable bonds is 5. The van der Waals surface area contributed by atoms with E-state index in [9.17, 15) is 8.42 Å². The molecule has 0 heterocycles. The van der Waals surface area contributed by atoms with Crippen LogP contribution in [0.5, 0.6) is 0 Å². The molecular weight excluding hydrogens is 234 g/mol. The first-order chi connectivity index (χ1) is 7.97. The molecule has 0 amide bonds. The molecule has 0 aliphatic carbocycles. The van der Waals surface area contributed by atoms with Gasteiger partial charge < -0.3 is 0 Å². The highest BCUT2D eigenvalue weighted by molar-refractivity contribution is 7.89. The number of aryl methyl sites for hydroxylation is 2. The monoisotopic (exact) mass is 253 g/mol. The standard InChI is InChI=1S/C13H19NO2S/c1-4-5-6-9-14-17(15,16)13-8-7-11(2)12(3)10-13/h4-5,7-8,10,14H,6,9H2,1-3H3/b5-4+. The fourth-order valence-corrected chi connectivity index (χ4v) is 2.54. The van der Waals surface area contributed by atoms with Gasteiger partial charge in [0.05, 0.1) is 4.90 Å². The van der Waals surface area contributed by atoms with Crippen LogP contribution in [-0.2, 0) is 10.0 Å². The van der Waals surface area contributed by atoms with Crippen LogP contribution in [-0.4, -0.2) is 15.0 Å². The van der Waals surface area contributed by atoms with Gasteiger partial charge in [0.2, 0.25) is 10.0 Å². The molecule has 94 valence electrons. The molecule has 1 rings (SSSR count). The normalized spacial score (nSPS) is 12.2. The summed E-state index contributed by atoms with van der Waals surface area (Å²) in [6.45, 7) is 6.22. The van der Waals surface area contributed by atoms with Crippen molar-refractivity contribution in [1.29, 1.82) is 0 Å². The fraction of sp³-hybridized carbons (Fsp3) is 0.385. The van der Waals surface area contributed by atoms with Gasteiger partial charge in [-0.3, -0.25) is 0 Å². The molecule has 1 aromatic carbocycles. The lowest BCUT2D eigenvalue weighted by Gasteiger charge is -2.07. The highest BCUT2D eigenvalue weighted by atomic mass is 32.2. The van der Waals surface area contributed by atoms with Crippen LogP contribution in [0, 0.1) is 13.8 Å². The topological polar surface area (TPSA) is 46.2 Å². The minimum atomic E-state index is -3.36. The Labute approximate surface area is 104 Å². The molecule has 0 spiro atoms. The van der Waals surface area contributed by atoms with Gasteiger partial charge in [0.25, 0.3) is 0 Å². The quantitative estimate of drug-likeness (QED) is 0.647. The van der Waals surface area contributed by atoms with Crippen LogP contribution >= 0.6 is 0 Å². The van der Waals surface area contributed by atoms with E-state index in [0.29, 0.717) is 17.9 Å². The summed E-state index contributed by atoms with van der Waals surface area (Å²) in [7, 11) is -3.36. The Kier molecular flexibility index (Phi) is 4.90. The number of nitrogens with one attached hydrogen (secondary N) is 1. The van der Waals surface area contributed by atoms with Gasteiger partial charge in [-0.15, -0.1) is 0 Å². The van der Waals surface area contributed by atoms with Crippen molar-refractivity contribution < 1.29 is 8.42 Å². The fourth-order valence-electron chi connectivity index (χ4n) is 1.41. The summed E-state index contributed by atoms with van der Waals surface area (Å²) < 4.78 is 26.4. The average Bonchev–Trinajstić information content (AvgIpc) is 2.28. The average molecular weight is 253 g/mol. The Morgan fingerprint density at radius 3 is 2.53 bits per heavy atom. The lowest BCUT2D eigenvalue weighted by molar-refractivity contribution is 0.582. The van der Waals surface area contributed by atoms with Gasteiger partial charge in [0.1, 0.15) is 0 Å². The van der Waals surface area contributed by atoms with Gasteiger partial charge in [-0.05, 0) is 50.5 Å². The van der Waals surface area contributed by atoms with E-state index in [0.717, 1.165) is 11.1 Å². The van der Waals surface area contributed by atoms with E-state index >= 15 is 0 Å².